The second-order valence-corrected chi connectivity index (χ2v) is 6.55. The highest BCUT2D eigenvalue weighted by atomic mass is 32.2. The number of carbonyl (C=O) groups excluding carboxylic acids is 2. The number of nitrogens with one attached hydrogen (secondary N) is 2. The molecule has 0 aliphatic carbocycles. The minimum Gasteiger partial charge on any atom is -0.459 e. The molecule has 3 aromatic rings. The van der Waals surface area contributed by atoms with Crippen LogP contribution in [0.5, 0.6) is 0 Å². The number of aromatic nitrogens is 1. The molecule has 4 N–H and O–H groups in total. The second-order valence-electron chi connectivity index (χ2n) is 4.99. The van der Waals surface area contributed by atoms with Crippen LogP contribution in [0, 0.1) is 0 Å². The maximum absolute atomic E-state index is 12.1. The number of hydrogen-bond acceptors (Lipinski definition) is 7. The molecule has 0 spiro atoms. The maximum Gasteiger partial charge on any atom is 0.302 e. The van der Waals surface area contributed by atoms with Crippen molar-refractivity contribution in [1.82, 2.24) is 4.98 Å². The third-order valence-corrected chi connectivity index (χ3v) is 4.07. The average Bonchev–Trinajstić information content (AvgIpc) is 3.26. The quantitative estimate of drug-likeness (QED) is 0.607. The highest BCUT2D eigenvalue weighted by Gasteiger charge is 2.16. The zero-order valence-corrected chi connectivity index (χ0v) is 13.8. The van der Waals surface area contributed by atoms with Crippen LogP contribution in [0.4, 0.5) is 11.7 Å². The van der Waals surface area contributed by atoms with Crippen molar-refractivity contribution in [3.63, 3.8) is 0 Å². The Labute approximate surface area is 147 Å². The van der Waals surface area contributed by atoms with E-state index in [1.807, 2.05) is 0 Å². The minimum atomic E-state index is -3.82. The average molecular weight is 376 g/mol. The van der Waals surface area contributed by atoms with Crippen molar-refractivity contribution in [2.24, 2.45) is 5.14 Å². The number of anilines is 2. The van der Waals surface area contributed by atoms with Gasteiger partial charge in [-0.05, 0) is 36.4 Å². The van der Waals surface area contributed by atoms with Crippen molar-refractivity contribution in [3.05, 3.63) is 60.4 Å². The summed E-state index contributed by atoms with van der Waals surface area (Å²) in [6, 6.07) is 8.07. The van der Waals surface area contributed by atoms with Gasteiger partial charge < -0.3 is 14.2 Å². The van der Waals surface area contributed by atoms with Gasteiger partial charge in [-0.25, -0.2) is 13.6 Å². The van der Waals surface area contributed by atoms with Gasteiger partial charge in [-0.3, -0.25) is 14.9 Å². The molecule has 2 heterocycles. The molecule has 2 aromatic heterocycles. The number of nitrogens with two attached hydrogens (primary N) is 1. The largest absolute Gasteiger partial charge is 0.459 e. The molecule has 0 radical (unpaired) electrons. The fourth-order valence-corrected chi connectivity index (χ4v) is 2.44. The summed E-state index contributed by atoms with van der Waals surface area (Å²) in [4.78, 5) is 27.7. The van der Waals surface area contributed by atoms with Gasteiger partial charge >= 0.3 is 6.01 Å². The Bertz CT molecular complexity index is 1040. The van der Waals surface area contributed by atoms with E-state index in [9.17, 15) is 18.0 Å². The molecule has 0 fully saturated rings. The zero-order valence-electron chi connectivity index (χ0n) is 13.0. The molecule has 0 saturated carbocycles. The molecular weight excluding hydrogens is 364 g/mol. The molecule has 11 heteroatoms. The number of amides is 2. The number of hydrogen-bond donors (Lipinski definition) is 3. The van der Waals surface area contributed by atoms with Crippen molar-refractivity contribution in [2.75, 3.05) is 10.6 Å². The molecule has 0 unspecified atom stereocenters. The van der Waals surface area contributed by atoms with E-state index < -0.39 is 21.8 Å². The lowest BCUT2D eigenvalue weighted by molar-refractivity contribution is 0.0990. The van der Waals surface area contributed by atoms with Gasteiger partial charge in [-0.1, -0.05) is 0 Å². The number of furan rings is 1. The number of oxazole rings is 1. The number of benzene rings is 1. The third kappa shape index (κ3) is 3.96. The molecule has 10 nitrogen and oxygen atoms in total. The number of carbonyl (C=O) groups is 2. The van der Waals surface area contributed by atoms with Crippen molar-refractivity contribution in [2.45, 2.75) is 4.90 Å². The summed E-state index contributed by atoms with van der Waals surface area (Å²) in [5.74, 6) is -1.14. The fourth-order valence-electron chi connectivity index (χ4n) is 1.92. The van der Waals surface area contributed by atoms with Crippen molar-refractivity contribution in [3.8, 4) is 0 Å². The van der Waals surface area contributed by atoms with Gasteiger partial charge in [0.05, 0.1) is 11.2 Å². The molecule has 0 aliphatic rings. The topological polar surface area (TPSA) is 158 Å². The lowest BCUT2D eigenvalue weighted by atomic mass is 10.3. The van der Waals surface area contributed by atoms with E-state index in [0.717, 1.165) is 6.26 Å². The van der Waals surface area contributed by atoms with Crippen molar-refractivity contribution < 1.29 is 26.8 Å². The monoisotopic (exact) mass is 376 g/mol. The molecule has 1 aromatic carbocycles. The SMILES string of the molecule is NS(=O)(=O)c1ccc(NC(=O)c2coc(NC(=O)c3ccco3)n2)cc1. The van der Waals surface area contributed by atoms with Crippen LogP contribution in [0.1, 0.15) is 21.0 Å². The number of primary sulfonamides is 1. The lowest BCUT2D eigenvalue weighted by Gasteiger charge is -2.03. The van der Waals surface area contributed by atoms with Crippen LogP contribution in [0.2, 0.25) is 0 Å². The first-order chi connectivity index (χ1) is 12.3. The summed E-state index contributed by atoms with van der Waals surface area (Å²) in [5, 5.41) is 9.84. The summed E-state index contributed by atoms with van der Waals surface area (Å²) in [7, 11) is -3.82. The fraction of sp³-hybridized carbons (Fsp3) is 0. The summed E-state index contributed by atoms with van der Waals surface area (Å²) >= 11 is 0. The Hall–Kier alpha value is -3.44. The molecule has 0 bridgehead atoms. The van der Waals surface area contributed by atoms with Crippen molar-refractivity contribution in [1.29, 1.82) is 0 Å². The molecule has 26 heavy (non-hydrogen) atoms. The first-order valence-corrected chi connectivity index (χ1v) is 8.62. The van der Waals surface area contributed by atoms with Crippen LogP contribution in [0.15, 0.2) is 62.7 Å². The standard InChI is InChI=1S/C15H12N4O6S/c16-26(22,23)10-5-3-9(4-6-10)17-13(20)11-8-25-15(18-11)19-14(21)12-2-1-7-24-12/h1-8H,(H,17,20)(H2,16,22,23)(H,18,19,21). The van der Waals surface area contributed by atoms with Crippen LogP contribution in [0.3, 0.4) is 0 Å². The third-order valence-electron chi connectivity index (χ3n) is 3.14. The minimum absolute atomic E-state index is 0.0594. The predicted octanol–water partition coefficient (Wildman–Crippen LogP) is 1.42. The molecular formula is C15H12N4O6S. The summed E-state index contributed by atoms with van der Waals surface area (Å²) < 4.78 is 32.3. The second kappa shape index (κ2) is 6.82. The Kier molecular flexibility index (Phi) is 4.56. The van der Waals surface area contributed by atoms with Gasteiger partial charge in [0.2, 0.25) is 10.0 Å². The first kappa shape index (κ1) is 17.4. The number of nitrogens with zero attached hydrogens (tertiary/aromatic N) is 1. The molecule has 2 amide bonds. The van der Waals surface area contributed by atoms with Crippen LogP contribution in [0.25, 0.3) is 0 Å². The Morgan fingerprint density at radius 2 is 1.73 bits per heavy atom. The Balaban J connectivity index is 1.65. The maximum atomic E-state index is 12.1. The highest BCUT2D eigenvalue weighted by Crippen LogP contribution is 2.15. The van der Waals surface area contributed by atoms with Gasteiger partial charge in [0.15, 0.2) is 11.5 Å². The van der Waals surface area contributed by atoms with Crippen LogP contribution < -0.4 is 15.8 Å². The Morgan fingerprint density at radius 3 is 2.35 bits per heavy atom. The van der Waals surface area contributed by atoms with E-state index in [1.165, 1.54) is 36.6 Å². The van der Waals surface area contributed by atoms with Crippen molar-refractivity contribution >= 4 is 33.5 Å². The molecule has 0 saturated heterocycles. The normalized spacial score (nSPS) is 11.1. The molecule has 134 valence electrons. The van der Waals surface area contributed by atoms with E-state index >= 15 is 0 Å². The lowest BCUT2D eigenvalue weighted by Crippen LogP contribution is -2.15. The molecule has 0 aliphatic heterocycles. The van der Waals surface area contributed by atoms with E-state index in [4.69, 9.17) is 14.0 Å². The van der Waals surface area contributed by atoms with Crippen LogP contribution in [-0.2, 0) is 10.0 Å². The summed E-state index contributed by atoms with van der Waals surface area (Å²) in [6.07, 6.45) is 2.40. The van der Waals surface area contributed by atoms with E-state index in [-0.39, 0.29) is 22.4 Å². The van der Waals surface area contributed by atoms with Gasteiger partial charge in [0.1, 0.15) is 6.26 Å². The number of sulfonamides is 1. The first-order valence-electron chi connectivity index (χ1n) is 7.07. The van der Waals surface area contributed by atoms with E-state index in [1.54, 1.807) is 6.07 Å². The number of rotatable bonds is 5. The zero-order chi connectivity index (χ0) is 18.7. The smallest absolute Gasteiger partial charge is 0.302 e. The van der Waals surface area contributed by atoms with Gasteiger partial charge in [-0.15, -0.1) is 0 Å². The van der Waals surface area contributed by atoms with E-state index in [2.05, 4.69) is 15.6 Å². The summed E-state index contributed by atoms with van der Waals surface area (Å²) in [6.45, 7) is 0. The van der Waals surface area contributed by atoms with Gasteiger partial charge in [-0.2, -0.15) is 4.98 Å². The van der Waals surface area contributed by atoms with Crippen LogP contribution in [-0.4, -0.2) is 25.2 Å². The van der Waals surface area contributed by atoms with E-state index in [0.29, 0.717) is 5.69 Å². The summed E-state index contributed by atoms with van der Waals surface area (Å²) in [5.41, 5.74) is 0.238. The highest BCUT2D eigenvalue weighted by molar-refractivity contribution is 7.89. The Morgan fingerprint density at radius 1 is 1.00 bits per heavy atom. The van der Waals surface area contributed by atoms with Gasteiger partial charge in [0.25, 0.3) is 11.8 Å². The molecule has 3 rings (SSSR count). The van der Waals surface area contributed by atoms with Crippen LogP contribution >= 0.6 is 0 Å². The molecule has 0 atom stereocenters. The van der Waals surface area contributed by atoms with Gasteiger partial charge in [0, 0.05) is 5.69 Å². The predicted molar refractivity (Wildman–Crippen MR) is 88.9 cm³/mol.